The van der Waals surface area contributed by atoms with Crippen LogP contribution in [0.4, 0.5) is 0 Å². The minimum absolute atomic E-state index is 0.265. The number of rotatable bonds is 2. The summed E-state index contributed by atoms with van der Waals surface area (Å²) >= 11 is 0. The molecule has 1 unspecified atom stereocenters. The van der Waals surface area contributed by atoms with Gasteiger partial charge in [0.05, 0.1) is 11.3 Å². The van der Waals surface area contributed by atoms with Gasteiger partial charge in [0, 0.05) is 18.9 Å². The van der Waals surface area contributed by atoms with Crippen molar-refractivity contribution in [1.29, 1.82) is 0 Å². The van der Waals surface area contributed by atoms with E-state index >= 15 is 0 Å². The van der Waals surface area contributed by atoms with Crippen molar-refractivity contribution >= 4 is 0 Å². The molecule has 1 atom stereocenters. The Morgan fingerprint density at radius 1 is 1.53 bits per heavy atom. The lowest BCUT2D eigenvalue weighted by molar-refractivity contribution is 0.0248. The molecule has 4 nitrogen and oxygen atoms in total. The van der Waals surface area contributed by atoms with Crippen molar-refractivity contribution in [2.45, 2.75) is 43.6 Å². The molecule has 1 saturated carbocycles. The Bertz CT molecular complexity index is 384. The maximum absolute atomic E-state index is 10.5. The minimum atomic E-state index is -0.883. The molecule has 0 aliphatic heterocycles. The van der Waals surface area contributed by atoms with Gasteiger partial charge < -0.3 is 15.4 Å². The van der Waals surface area contributed by atoms with Crippen molar-refractivity contribution in [2.75, 3.05) is 6.54 Å². The van der Waals surface area contributed by atoms with Gasteiger partial charge in [-0.1, -0.05) is 5.16 Å². The maximum Gasteiger partial charge on any atom is 0.143 e. The molecule has 2 aliphatic rings. The van der Waals surface area contributed by atoms with Gasteiger partial charge in [0.2, 0.25) is 0 Å². The summed E-state index contributed by atoms with van der Waals surface area (Å²) in [6.45, 7) is 0.265. The molecule has 0 bridgehead atoms. The fraction of sp³-hybridized carbons (Fsp3) is 0.727. The summed E-state index contributed by atoms with van der Waals surface area (Å²) in [5.41, 5.74) is 6.68. The van der Waals surface area contributed by atoms with Crippen LogP contribution in [0.5, 0.6) is 0 Å². The monoisotopic (exact) mass is 208 g/mol. The molecule has 0 aromatic carbocycles. The number of fused-ring (bicyclic) bond motifs is 1. The fourth-order valence-corrected chi connectivity index (χ4v) is 2.51. The zero-order valence-electron chi connectivity index (χ0n) is 8.70. The second-order valence-electron chi connectivity index (χ2n) is 4.73. The van der Waals surface area contributed by atoms with Gasteiger partial charge in [0.1, 0.15) is 11.4 Å². The molecule has 15 heavy (non-hydrogen) atoms. The zero-order chi connectivity index (χ0) is 10.5. The SMILES string of the molecule is NCC1(O)CCCc2onc(C3CC3)c21. The van der Waals surface area contributed by atoms with E-state index in [4.69, 9.17) is 10.3 Å². The van der Waals surface area contributed by atoms with Crippen molar-refractivity contribution in [3.05, 3.63) is 17.0 Å². The van der Waals surface area contributed by atoms with Crippen molar-refractivity contribution in [3.8, 4) is 0 Å². The molecule has 1 aromatic rings. The van der Waals surface area contributed by atoms with Gasteiger partial charge in [-0.05, 0) is 25.7 Å². The van der Waals surface area contributed by atoms with Crippen molar-refractivity contribution < 1.29 is 9.63 Å². The Morgan fingerprint density at radius 2 is 2.33 bits per heavy atom. The van der Waals surface area contributed by atoms with Gasteiger partial charge in [0.15, 0.2) is 0 Å². The summed E-state index contributed by atoms with van der Waals surface area (Å²) < 4.78 is 5.32. The normalized spacial score (nSPS) is 30.3. The number of aliphatic hydroxyl groups is 1. The Morgan fingerprint density at radius 3 is 3.00 bits per heavy atom. The van der Waals surface area contributed by atoms with E-state index in [0.29, 0.717) is 5.92 Å². The molecule has 2 aliphatic carbocycles. The highest BCUT2D eigenvalue weighted by atomic mass is 16.5. The van der Waals surface area contributed by atoms with E-state index in [1.807, 2.05) is 0 Å². The van der Waals surface area contributed by atoms with Crippen LogP contribution in [0.15, 0.2) is 4.52 Å². The minimum Gasteiger partial charge on any atom is -0.384 e. The third-order valence-electron chi connectivity index (χ3n) is 3.55. The van der Waals surface area contributed by atoms with Crippen LogP contribution < -0.4 is 5.73 Å². The first-order chi connectivity index (χ1) is 7.24. The summed E-state index contributed by atoms with van der Waals surface area (Å²) in [5, 5.41) is 14.6. The van der Waals surface area contributed by atoms with Crippen LogP contribution in [0.25, 0.3) is 0 Å². The molecule has 0 radical (unpaired) electrons. The van der Waals surface area contributed by atoms with Gasteiger partial charge in [-0.15, -0.1) is 0 Å². The van der Waals surface area contributed by atoms with E-state index in [2.05, 4.69) is 5.16 Å². The Hall–Kier alpha value is -0.870. The van der Waals surface area contributed by atoms with Crippen LogP contribution in [0.3, 0.4) is 0 Å². The molecular weight excluding hydrogens is 192 g/mol. The van der Waals surface area contributed by atoms with Crippen molar-refractivity contribution in [3.63, 3.8) is 0 Å². The Kier molecular flexibility index (Phi) is 1.91. The van der Waals surface area contributed by atoms with E-state index in [1.165, 1.54) is 12.8 Å². The lowest BCUT2D eigenvalue weighted by Gasteiger charge is -2.30. The van der Waals surface area contributed by atoms with Crippen LogP contribution in [0.1, 0.15) is 48.6 Å². The summed E-state index contributed by atoms with van der Waals surface area (Å²) in [6, 6.07) is 0. The standard InChI is InChI=1S/C11H16N2O2/c12-6-11(14)5-1-2-8-9(11)10(13-15-8)7-3-4-7/h7,14H,1-6,12H2. The van der Waals surface area contributed by atoms with Crippen LogP contribution in [-0.4, -0.2) is 16.8 Å². The second kappa shape index (κ2) is 3.06. The van der Waals surface area contributed by atoms with E-state index in [-0.39, 0.29) is 6.54 Å². The van der Waals surface area contributed by atoms with Gasteiger partial charge in [-0.3, -0.25) is 0 Å². The predicted octanol–water partition coefficient (Wildman–Crippen LogP) is 1.03. The van der Waals surface area contributed by atoms with E-state index in [0.717, 1.165) is 36.3 Å². The number of nitrogens with zero attached hydrogens (tertiary/aromatic N) is 1. The van der Waals surface area contributed by atoms with Crippen LogP contribution in [0, 0.1) is 0 Å². The van der Waals surface area contributed by atoms with Crippen LogP contribution in [0.2, 0.25) is 0 Å². The first-order valence-electron chi connectivity index (χ1n) is 5.66. The third-order valence-corrected chi connectivity index (χ3v) is 3.55. The summed E-state index contributed by atoms with van der Waals surface area (Å²) in [7, 11) is 0. The van der Waals surface area contributed by atoms with E-state index in [1.54, 1.807) is 0 Å². The highest BCUT2D eigenvalue weighted by molar-refractivity contribution is 5.36. The first-order valence-corrected chi connectivity index (χ1v) is 5.66. The molecule has 0 amide bonds. The lowest BCUT2D eigenvalue weighted by atomic mass is 9.81. The molecule has 3 N–H and O–H groups in total. The number of aryl methyl sites for hydroxylation is 1. The molecular formula is C11H16N2O2. The van der Waals surface area contributed by atoms with Gasteiger partial charge in [0.25, 0.3) is 0 Å². The largest absolute Gasteiger partial charge is 0.384 e. The average Bonchev–Trinajstić information content (AvgIpc) is 2.99. The molecule has 1 aromatic heterocycles. The molecule has 0 saturated heterocycles. The van der Waals surface area contributed by atoms with E-state index in [9.17, 15) is 5.11 Å². The van der Waals surface area contributed by atoms with Gasteiger partial charge in [-0.2, -0.15) is 0 Å². The maximum atomic E-state index is 10.5. The highest BCUT2D eigenvalue weighted by Gasteiger charge is 2.42. The molecule has 82 valence electrons. The van der Waals surface area contributed by atoms with Gasteiger partial charge >= 0.3 is 0 Å². The van der Waals surface area contributed by atoms with Gasteiger partial charge in [-0.25, -0.2) is 0 Å². The molecule has 1 heterocycles. The van der Waals surface area contributed by atoms with Crippen LogP contribution in [-0.2, 0) is 12.0 Å². The average molecular weight is 208 g/mol. The summed E-state index contributed by atoms with van der Waals surface area (Å²) in [4.78, 5) is 0. The topological polar surface area (TPSA) is 72.3 Å². The van der Waals surface area contributed by atoms with Crippen molar-refractivity contribution in [1.82, 2.24) is 5.16 Å². The Balaban J connectivity index is 2.10. The molecule has 4 heteroatoms. The van der Waals surface area contributed by atoms with E-state index < -0.39 is 5.60 Å². The summed E-state index contributed by atoms with van der Waals surface area (Å²) in [6.07, 6.45) is 4.88. The smallest absolute Gasteiger partial charge is 0.143 e. The zero-order valence-corrected chi connectivity index (χ0v) is 8.70. The molecule has 0 spiro atoms. The number of nitrogens with two attached hydrogens (primary N) is 1. The number of hydrogen-bond donors (Lipinski definition) is 2. The lowest BCUT2D eigenvalue weighted by Crippen LogP contribution is -2.38. The van der Waals surface area contributed by atoms with Crippen molar-refractivity contribution in [2.24, 2.45) is 5.73 Å². The van der Waals surface area contributed by atoms with Crippen LogP contribution >= 0.6 is 0 Å². The molecule has 3 rings (SSSR count). The predicted molar refractivity (Wildman–Crippen MR) is 54.4 cm³/mol. The fourth-order valence-electron chi connectivity index (χ4n) is 2.51. The third kappa shape index (κ3) is 1.32. The number of aromatic nitrogens is 1. The Labute approximate surface area is 88.4 Å². The highest BCUT2D eigenvalue weighted by Crippen LogP contribution is 2.47. The summed E-state index contributed by atoms with van der Waals surface area (Å²) in [5.74, 6) is 1.37. The first kappa shape index (κ1) is 9.36. The second-order valence-corrected chi connectivity index (χ2v) is 4.73. The molecule has 1 fully saturated rings. The number of hydrogen-bond acceptors (Lipinski definition) is 4. The quantitative estimate of drug-likeness (QED) is 0.761.